The van der Waals surface area contributed by atoms with Gasteiger partial charge in [-0.25, -0.2) is 9.18 Å². The van der Waals surface area contributed by atoms with E-state index in [1.165, 1.54) is 52.5 Å². The molecule has 0 radical (unpaired) electrons. The molecule has 0 aliphatic carbocycles. The number of methoxy groups -OCH3 is 1. The number of carbonyl (C=O) groups is 3. The number of hydrogen-bond acceptors (Lipinski definition) is 6. The summed E-state index contributed by atoms with van der Waals surface area (Å²) in [7, 11) is 3.78. The quantitative estimate of drug-likeness (QED) is 0.381. The molecule has 2 amide bonds. The van der Waals surface area contributed by atoms with Gasteiger partial charge in [-0.3, -0.25) is 9.59 Å². The number of halogens is 1. The zero-order valence-electron chi connectivity index (χ0n) is 19.1. The van der Waals surface area contributed by atoms with Crippen molar-refractivity contribution in [3.05, 3.63) is 65.5 Å². The lowest BCUT2D eigenvalue weighted by Gasteiger charge is -2.22. The summed E-state index contributed by atoms with van der Waals surface area (Å²) in [5.41, 5.74) is 2.23. The van der Waals surface area contributed by atoms with E-state index in [4.69, 9.17) is 14.0 Å². The van der Waals surface area contributed by atoms with Gasteiger partial charge in [0.2, 0.25) is 11.8 Å². The molecule has 176 valence electrons. The van der Waals surface area contributed by atoms with Crippen molar-refractivity contribution < 1.29 is 32.8 Å². The van der Waals surface area contributed by atoms with Gasteiger partial charge >= 0.3 is 13.1 Å². The summed E-state index contributed by atoms with van der Waals surface area (Å²) >= 11 is 0. The third kappa shape index (κ3) is 8.00. The Labute approximate surface area is 192 Å². The summed E-state index contributed by atoms with van der Waals surface area (Å²) in [6.45, 7) is 1.29. The third-order valence-corrected chi connectivity index (χ3v) is 4.97. The van der Waals surface area contributed by atoms with Crippen molar-refractivity contribution in [3.63, 3.8) is 0 Å². The summed E-state index contributed by atoms with van der Waals surface area (Å²) < 4.78 is 28.5. The van der Waals surface area contributed by atoms with E-state index in [1.807, 2.05) is 0 Å². The first-order chi connectivity index (χ1) is 15.8. The third-order valence-electron chi connectivity index (χ3n) is 4.97. The van der Waals surface area contributed by atoms with Crippen LogP contribution in [0.15, 0.2) is 48.5 Å². The summed E-state index contributed by atoms with van der Waals surface area (Å²) in [6.07, 6.45) is 0.302. The molecule has 2 aromatic carbocycles. The van der Waals surface area contributed by atoms with Gasteiger partial charge in [0.25, 0.3) is 0 Å². The highest BCUT2D eigenvalue weighted by Gasteiger charge is 2.27. The summed E-state index contributed by atoms with van der Waals surface area (Å²) in [6, 6.07) is 10.9. The Kier molecular flexibility index (Phi) is 10.0. The largest absolute Gasteiger partial charge is 0.493 e. The average Bonchev–Trinajstić information content (AvgIpc) is 2.80. The van der Waals surface area contributed by atoms with E-state index >= 15 is 0 Å². The zero-order chi connectivity index (χ0) is 24.4. The minimum atomic E-state index is -0.974. The second-order valence-corrected chi connectivity index (χ2v) is 7.42. The molecule has 0 spiro atoms. The maximum atomic E-state index is 13.2. The number of ether oxygens (including phenoxy) is 1. The van der Waals surface area contributed by atoms with E-state index in [-0.39, 0.29) is 12.8 Å². The molecule has 0 aliphatic heterocycles. The van der Waals surface area contributed by atoms with Crippen LogP contribution in [0.3, 0.4) is 0 Å². The molecule has 33 heavy (non-hydrogen) atoms. The molecule has 0 aliphatic rings. The summed E-state index contributed by atoms with van der Waals surface area (Å²) in [5.74, 6) is -1.99. The normalized spacial score (nSPS) is 12.4. The van der Waals surface area contributed by atoms with E-state index in [2.05, 4.69) is 10.6 Å². The Morgan fingerprint density at radius 1 is 0.848 bits per heavy atom. The number of esters is 1. The van der Waals surface area contributed by atoms with Gasteiger partial charge < -0.3 is 24.7 Å². The second kappa shape index (κ2) is 12.7. The Morgan fingerprint density at radius 3 is 1.85 bits per heavy atom. The first kappa shape index (κ1) is 26.0. The van der Waals surface area contributed by atoms with E-state index < -0.39 is 42.8 Å². The fourth-order valence-corrected chi connectivity index (χ4v) is 3.33. The van der Waals surface area contributed by atoms with Crippen LogP contribution >= 0.6 is 0 Å². The van der Waals surface area contributed by atoms with E-state index in [1.54, 1.807) is 24.3 Å². The molecule has 0 unspecified atom stereocenters. The molecule has 0 heterocycles. The molecule has 2 aromatic rings. The number of nitrogens with one attached hydrogen (secondary N) is 2. The maximum absolute atomic E-state index is 13.2. The fraction of sp³-hybridized carbons (Fsp3) is 0.348. The van der Waals surface area contributed by atoms with Gasteiger partial charge in [0.1, 0.15) is 17.9 Å². The zero-order valence-corrected chi connectivity index (χ0v) is 19.1. The van der Waals surface area contributed by atoms with Gasteiger partial charge in [0.15, 0.2) is 0 Å². The highest BCUT2D eigenvalue weighted by molar-refractivity contribution is 6.61. The first-order valence-electron chi connectivity index (χ1n) is 10.3. The molecule has 10 heteroatoms. The van der Waals surface area contributed by atoms with Gasteiger partial charge in [0, 0.05) is 34.0 Å². The van der Waals surface area contributed by atoms with Crippen LogP contribution in [-0.4, -0.2) is 58.3 Å². The number of hydrogen-bond donors (Lipinski definition) is 2. The van der Waals surface area contributed by atoms with Gasteiger partial charge in [-0.2, -0.15) is 0 Å². The fourth-order valence-electron chi connectivity index (χ4n) is 3.33. The molecule has 8 nitrogen and oxygen atoms in total. The summed E-state index contributed by atoms with van der Waals surface area (Å²) in [4.78, 5) is 36.9. The molecule has 0 bridgehead atoms. The van der Waals surface area contributed by atoms with Crippen molar-refractivity contribution in [2.24, 2.45) is 0 Å². The molecule has 2 atom stereocenters. The first-order valence-corrected chi connectivity index (χ1v) is 10.3. The lowest BCUT2D eigenvalue weighted by molar-refractivity contribution is -0.145. The smallest absolute Gasteiger partial charge is 0.467 e. The highest BCUT2D eigenvalue weighted by atomic mass is 19.1. The van der Waals surface area contributed by atoms with Crippen molar-refractivity contribution >= 4 is 30.4 Å². The predicted octanol–water partition coefficient (Wildman–Crippen LogP) is 0.761. The van der Waals surface area contributed by atoms with Crippen LogP contribution in [-0.2, 0) is 41.3 Å². The highest BCUT2D eigenvalue weighted by Crippen LogP contribution is 2.09. The molecule has 0 saturated heterocycles. The number of amides is 2. The molecular weight excluding hydrogens is 430 g/mol. The Hall–Kier alpha value is -3.24. The van der Waals surface area contributed by atoms with Gasteiger partial charge in [-0.1, -0.05) is 36.4 Å². The van der Waals surface area contributed by atoms with Crippen molar-refractivity contribution in [2.75, 3.05) is 21.3 Å². The molecule has 0 fully saturated rings. The predicted molar refractivity (Wildman–Crippen MR) is 121 cm³/mol. The summed E-state index contributed by atoms with van der Waals surface area (Å²) in [5, 5.41) is 5.24. The van der Waals surface area contributed by atoms with Crippen molar-refractivity contribution in [1.82, 2.24) is 10.6 Å². The van der Waals surface area contributed by atoms with Crippen LogP contribution in [0.2, 0.25) is 0 Å². The van der Waals surface area contributed by atoms with Crippen LogP contribution in [0, 0.1) is 5.82 Å². The lowest BCUT2D eigenvalue weighted by Crippen LogP contribution is -2.53. The Bertz CT molecular complexity index is 935. The SMILES string of the molecule is COB(OC)c1ccc(C[C@@H](NC(=O)[C@@H](Cc2ccc(F)cc2)NC(C)=O)C(=O)OC)cc1. The number of rotatable bonds is 11. The van der Waals surface area contributed by atoms with Gasteiger partial charge in [0.05, 0.1) is 7.11 Å². The average molecular weight is 458 g/mol. The maximum Gasteiger partial charge on any atom is 0.493 e. The van der Waals surface area contributed by atoms with E-state index in [9.17, 15) is 18.8 Å². The Balaban J connectivity index is 2.15. The molecule has 0 aromatic heterocycles. The molecular formula is C23H28BFN2O6. The topological polar surface area (TPSA) is 103 Å². The standard InChI is InChI=1S/C23H28BFN2O6/c1-15(28)26-20(13-17-7-11-19(25)12-8-17)22(29)27-21(23(30)31-2)14-16-5-9-18(10-6-16)24(32-3)33-4/h5-12,20-21H,13-14H2,1-4H3,(H,26,28)(H,27,29)/t20-,21-/m1/s1. The molecule has 0 saturated carbocycles. The minimum Gasteiger partial charge on any atom is -0.467 e. The van der Waals surface area contributed by atoms with Crippen LogP contribution in [0.25, 0.3) is 0 Å². The van der Waals surface area contributed by atoms with Crippen LogP contribution < -0.4 is 16.1 Å². The van der Waals surface area contributed by atoms with Crippen LogP contribution in [0.1, 0.15) is 18.1 Å². The monoisotopic (exact) mass is 458 g/mol. The van der Waals surface area contributed by atoms with Crippen molar-refractivity contribution in [3.8, 4) is 0 Å². The molecule has 2 N–H and O–H groups in total. The van der Waals surface area contributed by atoms with Gasteiger partial charge in [-0.05, 0) is 28.7 Å². The van der Waals surface area contributed by atoms with E-state index in [0.717, 1.165) is 11.0 Å². The minimum absolute atomic E-state index is 0.129. The van der Waals surface area contributed by atoms with Crippen LogP contribution in [0.4, 0.5) is 4.39 Å². The number of benzene rings is 2. The van der Waals surface area contributed by atoms with Crippen LogP contribution in [0.5, 0.6) is 0 Å². The second-order valence-electron chi connectivity index (χ2n) is 7.42. The Morgan fingerprint density at radius 2 is 1.36 bits per heavy atom. The van der Waals surface area contributed by atoms with E-state index in [0.29, 0.717) is 5.56 Å². The van der Waals surface area contributed by atoms with Crippen molar-refractivity contribution in [2.45, 2.75) is 31.8 Å². The number of carbonyl (C=O) groups excluding carboxylic acids is 3. The molecule has 2 rings (SSSR count). The lowest BCUT2D eigenvalue weighted by atomic mass is 9.78. The van der Waals surface area contributed by atoms with Gasteiger partial charge in [-0.15, -0.1) is 0 Å². The van der Waals surface area contributed by atoms with Crippen molar-refractivity contribution in [1.29, 1.82) is 0 Å².